The normalized spacial score (nSPS) is 19.1. The number of carbonyl (C=O) groups excluding carboxylic acids is 4. The lowest BCUT2D eigenvalue weighted by Crippen LogP contribution is -2.54. The van der Waals surface area contributed by atoms with Crippen molar-refractivity contribution >= 4 is 23.5 Å². The van der Waals surface area contributed by atoms with E-state index in [1.54, 1.807) is 0 Å². The first-order valence-electron chi connectivity index (χ1n) is 7.54. The van der Waals surface area contributed by atoms with E-state index in [0.29, 0.717) is 25.8 Å². The average molecular weight is 311 g/mol. The summed E-state index contributed by atoms with van der Waals surface area (Å²) >= 11 is 0. The molecule has 2 N–H and O–H groups in total. The molecule has 0 spiro atoms. The molecule has 0 aromatic heterocycles. The summed E-state index contributed by atoms with van der Waals surface area (Å²) in [6.07, 6.45) is 1.62. The van der Waals surface area contributed by atoms with Crippen molar-refractivity contribution in [1.82, 2.24) is 9.80 Å². The molecule has 3 amide bonds. The van der Waals surface area contributed by atoms with E-state index in [1.165, 1.54) is 23.8 Å². The highest BCUT2D eigenvalue weighted by atomic mass is 16.2. The van der Waals surface area contributed by atoms with Crippen LogP contribution in [0, 0.1) is 5.92 Å². The zero-order valence-corrected chi connectivity index (χ0v) is 13.7. The van der Waals surface area contributed by atoms with Crippen LogP contribution in [0.2, 0.25) is 0 Å². The van der Waals surface area contributed by atoms with Gasteiger partial charge in [-0.2, -0.15) is 0 Å². The molecule has 0 aliphatic carbocycles. The van der Waals surface area contributed by atoms with Gasteiger partial charge in [-0.05, 0) is 25.2 Å². The molecule has 1 rings (SSSR count). The molecular formula is C15H25N3O4. The minimum Gasteiger partial charge on any atom is -0.368 e. The molecule has 0 aromatic carbocycles. The molecule has 0 radical (unpaired) electrons. The molecule has 22 heavy (non-hydrogen) atoms. The van der Waals surface area contributed by atoms with Gasteiger partial charge in [-0.1, -0.05) is 13.8 Å². The van der Waals surface area contributed by atoms with E-state index in [-0.39, 0.29) is 11.8 Å². The Hall–Kier alpha value is -1.92. The third-order valence-corrected chi connectivity index (χ3v) is 3.94. The molecule has 1 aliphatic rings. The summed E-state index contributed by atoms with van der Waals surface area (Å²) in [6.45, 7) is 5.45. The summed E-state index contributed by atoms with van der Waals surface area (Å²) in [5, 5.41) is 0. The highest BCUT2D eigenvalue weighted by molar-refractivity contribution is 6.35. The first-order chi connectivity index (χ1) is 10.2. The zero-order chi connectivity index (χ0) is 17.0. The lowest BCUT2D eigenvalue weighted by atomic mass is 10.0. The molecule has 0 unspecified atom stereocenters. The van der Waals surface area contributed by atoms with Crippen LogP contribution in [0.1, 0.15) is 40.0 Å². The fourth-order valence-electron chi connectivity index (χ4n) is 2.77. The van der Waals surface area contributed by atoms with E-state index < -0.39 is 29.7 Å². The summed E-state index contributed by atoms with van der Waals surface area (Å²) in [6, 6.07) is -1.39. The number of hydrogen-bond donors (Lipinski definition) is 1. The first kappa shape index (κ1) is 18.1. The number of likely N-dealkylation sites (N-methyl/N-ethyl adjacent to an activating group) is 1. The number of hydrogen-bond acceptors (Lipinski definition) is 4. The quantitative estimate of drug-likeness (QED) is 0.693. The molecule has 0 saturated carbocycles. The summed E-state index contributed by atoms with van der Waals surface area (Å²) in [5.41, 5.74) is 5.40. The number of rotatable bonds is 6. The Balaban J connectivity index is 2.90. The van der Waals surface area contributed by atoms with Crippen molar-refractivity contribution in [3.63, 3.8) is 0 Å². The van der Waals surface area contributed by atoms with Gasteiger partial charge in [0.2, 0.25) is 17.6 Å². The maximum absolute atomic E-state index is 12.6. The van der Waals surface area contributed by atoms with E-state index >= 15 is 0 Å². The van der Waals surface area contributed by atoms with Crippen LogP contribution in [0.25, 0.3) is 0 Å². The number of nitrogens with two attached hydrogens (primary N) is 1. The number of primary amides is 1. The van der Waals surface area contributed by atoms with Crippen LogP contribution in [0.15, 0.2) is 0 Å². The Morgan fingerprint density at radius 1 is 1.27 bits per heavy atom. The van der Waals surface area contributed by atoms with E-state index in [4.69, 9.17) is 5.73 Å². The SMILES string of the molecule is CC(=O)C(=O)N1CCC[C@H]1C(=O)N(C)[C@H](CC(C)C)C(N)=O. The molecule has 0 bridgehead atoms. The first-order valence-corrected chi connectivity index (χ1v) is 7.54. The molecule has 124 valence electrons. The molecule has 7 nitrogen and oxygen atoms in total. The van der Waals surface area contributed by atoms with Crippen molar-refractivity contribution in [2.24, 2.45) is 11.7 Å². The number of ketones is 1. The van der Waals surface area contributed by atoms with Gasteiger partial charge >= 0.3 is 0 Å². The van der Waals surface area contributed by atoms with E-state index in [9.17, 15) is 19.2 Å². The molecule has 7 heteroatoms. The number of likely N-dealkylation sites (tertiary alicyclic amines) is 1. The Labute approximate surface area is 130 Å². The lowest BCUT2D eigenvalue weighted by molar-refractivity contribution is -0.150. The van der Waals surface area contributed by atoms with Gasteiger partial charge in [-0.15, -0.1) is 0 Å². The predicted molar refractivity (Wildman–Crippen MR) is 80.6 cm³/mol. The molecule has 1 saturated heterocycles. The van der Waals surface area contributed by atoms with Gasteiger partial charge in [0.15, 0.2) is 0 Å². The van der Waals surface area contributed by atoms with Gasteiger partial charge in [0, 0.05) is 20.5 Å². The third-order valence-electron chi connectivity index (χ3n) is 3.94. The molecule has 0 aromatic rings. The lowest BCUT2D eigenvalue weighted by Gasteiger charge is -2.32. The van der Waals surface area contributed by atoms with Crippen LogP contribution in [-0.2, 0) is 19.2 Å². The third kappa shape index (κ3) is 4.05. The van der Waals surface area contributed by atoms with Crippen molar-refractivity contribution < 1.29 is 19.2 Å². The predicted octanol–water partition coefficient (Wildman–Crippen LogP) is -0.0752. The average Bonchev–Trinajstić information content (AvgIpc) is 2.90. The maximum Gasteiger partial charge on any atom is 0.290 e. The second-order valence-electron chi connectivity index (χ2n) is 6.21. The number of amides is 3. The van der Waals surface area contributed by atoms with E-state index in [0.717, 1.165) is 0 Å². The molecule has 1 heterocycles. The van der Waals surface area contributed by atoms with Gasteiger partial charge in [0.25, 0.3) is 5.91 Å². The van der Waals surface area contributed by atoms with Gasteiger partial charge in [-0.25, -0.2) is 0 Å². The summed E-state index contributed by atoms with van der Waals surface area (Å²) in [7, 11) is 1.52. The minimum atomic E-state index is -0.706. The topological polar surface area (TPSA) is 101 Å². The van der Waals surface area contributed by atoms with Crippen molar-refractivity contribution in [2.45, 2.75) is 52.1 Å². The van der Waals surface area contributed by atoms with Crippen LogP contribution in [0.5, 0.6) is 0 Å². The van der Waals surface area contributed by atoms with Crippen LogP contribution in [-0.4, -0.2) is 59.0 Å². The number of carbonyl (C=O) groups is 4. The van der Waals surface area contributed by atoms with Crippen LogP contribution < -0.4 is 5.73 Å². The van der Waals surface area contributed by atoms with Crippen molar-refractivity contribution in [3.8, 4) is 0 Å². The fraction of sp³-hybridized carbons (Fsp3) is 0.733. The molecule has 1 fully saturated rings. The molecular weight excluding hydrogens is 286 g/mol. The highest BCUT2D eigenvalue weighted by Crippen LogP contribution is 2.21. The number of nitrogens with zero attached hydrogens (tertiary/aromatic N) is 2. The zero-order valence-electron chi connectivity index (χ0n) is 13.7. The van der Waals surface area contributed by atoms with Crippen molar-refractivity contribution in [1.29, 1.82) is 0 Å². The van der Waals surface area contributed by atoms with Gasteiger partial charge < -0.3 is 15.5 Å². The summed E-state index contributed by atoms with van der Waals surface area (Å²) in [4.78, 5) is 50.0. The Morgan fingerprint density at radius 2 is 1.86 bits per heavy atom. The van der Waals surface area contributed by atoms with Crippen molar-refractivity contribution in [2.75, 3.05) is 13.6 Å². The second kappa shape index (κ2) is 7.38. The smallest absolute Gasteiger partial charge is 0.290 e. The molecule has 2 atom stereocenters. The van der Waals surface area contributed by atoms with Crippen molar-refractivity contribution in [3.05, 3.63) is 0 Å². The number of Topliss-reactive ketones (excluding diaryl/α,β-unsaturated/α-hetero) is 1. The molecule has 1 aliphatic heterocycles. The van der Waals surface area contributed by atoms with Crippen LogP contribution >= 0.6 is 0 Å². The van der Waals surface area contributed by atoms with Crippen LogP contribution in [0.4, 0.5) is 0 Å². The Kier molecular flexibility index (Phi) is 6.08. The summed E-state index contributed by atoms with van der Waals surface area (Å²) in [5.74, 6) is -1.94. The summed E-state index contributed by atoms with van der Waals surface area (Å²) < 4.78 is 0. The monoisotopic (exact) mass is 311 g/mol. The standard InChI is InChI=1S/C15H25N3O4/c1-9(2)8-12(13(16)20)17(4)15(22)11-6-5-7-18(11)14(21)10(3)19/h9,11-12H,5-8H2,1-4H3,(H2,16,20)/t11-,12+/m0/s1. The largest absolute Gasteiger partial charge is 0.368 e. The Morgan fingerprint density at radius 3 is 2.32 bits per heavy atom. The fourth-order valence-corrected chi connectivity index (χ4v) is 2.77. The van der Waals surface area contributed by atoms with Gasteiger partial charge in [0.05, 0.1) is 0 Å². The maximum atomic E-state index is 12.6. The highest BCUT2D eigenvalue weighted by Gasteiger charge is 2.39. The van der Waals surface area contributed by atoms with Gasteiger partial charge in [-0.3, -0.25) is 19.2 Å². The van der Waals surface area contributed by atoms with Crippen LogP contribution in [0.3, 0.4) is 0 Å². The Bertz CT molecular complexity index is 475. The van der Waals surface area contributed by atoms with E-state index in [1.807, 2.05) is 13.8 Å². The van der Waals surface area contributed by atoms with Gasteiger partial charge in [0.1, 0.15) is 12.1 Å². The minimum absolute atomic E-state index is 0.200. The van der Waals surface area contributed by atoms with E-state index in [2.05, 4.69) is 0 Å². The second-order valence-corrected chi connectivity index (χ2v) is 6.21.